The van der Waals surface area contributed by atoms with E-state index in [-0.39, 0.29) is 11.9 Å². The van der Waals surface area contributed by atoms with E-state index in [2.05, 4.69) is 18.9 Å². The minimum atomic E-state index is -3.47. The molecule has 2 aromatic rings. The van der Waals surface area contributed by atoms with Crippen LogP contribution in [0, 0.1) is 0 Å². The Hall–Kier alpha value is -1.84. The van der Waals surface area contributed by atoms with Gasteiger partial charge < -0.3 is 9.64 Å². The minimum Gasteiger partial charge on any atom is -0.463 e. The highest BCUT2D eigenvalue weighted by molar-refractivity contribution is 7.90. The standard InChI is InChI=1S/C24H28ClN4O4PS2/c1-2-33-24(30)20-19-11-14(28-36(31,32)16-5-3-4-6-16)13-29(19)22(23-26-9-10-35-23)27-21(20)17-8-7-15(34)12-18(17)25/h7-10,12,14,16,21,28H,2-6,11,13,34H2,1H3/t14-,21-/m0/s1. The zero-order valence-corrected chi connectivity index (χ0v) is 23.4. The Bertz CT molecular complexity index is 1320. The van der Waals surface area contributed by atoms with E-state index >= 15 is 0 Å². The maximum absolute atomic E-state index is 13.3. The van der Waals surface area contributed by atoms with Crippen LogP contribution in [0.1, 0.15) is 55.6 Å². The number of benzene rings is 1. The molecule has 12 heteroatoms. The molecule has 1 unspecified atom stereocenters. The van der Waals surface area contributed by atoms with E-state index in [0.717, 1.165) is 18.1 Å². The fourth-order valence-corrected chi connectivity index (χ4v) is 8.23. The van der Waals surface area contributed by atoms with Gasteiger partial charge in [0.2, 0.25) is 10.0 Å². The van der Waals surface area contributed by atoms with Crippen LogP contribution in [0.3, 0.4) is 0 Å². The van der Waals surface area contributed by atoms with Gasteiger partial charge in [0.1, 0.15) is 6.04 Å². The van der Waals surface area contributed by atoms with Gasteiger partial charge in [0.15, 0.2) is 10.8 Å². The highest BCUT2D eigenvalue weighted by Crippen LogP contribution is 2.42. The maximum Gasteiger partial charge on any atom is 0.338 e. The van der Waals surface area contributed by atoms with Gasteiger partial charge in [-0.25, -0.2) is 22.9 Å². The maximum atomic E-state index is 13.3. The first-order chi connectivity index (χ1) is 17.3. The first-order valence-corrected chi connectivity index (χ1v) is 15.4. The van der Waals surface area contributed by atoms with Gasteiger partial charge in [-0.05, 0) is 31.1 Å². The van der Waals surface area contributed by atoms with Crippen LogP contribution in [0.15, 0.2) is 46.0 Å². The molecule has 0 amide bonds. The number of amidine groups is 1. The zero-order valence-electron chi connectivity index (χ0n) is 19.8. The van der Waals surface area contributed by atoms with Crippen molar-refractivity contribution in [2.24, 2.45) is 4.99 Å². The van der Waals surface area contributed by atoms with E-state index < -0.39 is 28.1 Å². The van der Waals surface area contributed by atoms with Crippen LogP contribution in [0.4, 0.5) is 0 Å². The lowest BCUT2D eigenvalue weighted by Gasteiger charge is -2.31. The number of fused-ring (bicyclic) bond motifs is 1. The molecule has 0 bridgehead atoms. The van der Waals surface area contributed by atoms with Gasteiger partial charge in [-0.1, -0.05) is 36.6 Å². The van der Waals surface area contributed by atoms with Gasteiger partial charge in [0.25, 0.3) is 0 Å². The van der Waals surface area contributed by atoms with Crippen molar-refractivity contribution in [1.29, 1.82) is 0 Å². The number of nitrogens with zero attached hydrogens (tertiary/aromatic N) is 3. The SMILES string of the molecule is CCOC(=O)C1=C2C[C@H](NS(=O)(=O)C3CCCC3)CN2C(c2nccs2)=N[C@H]1c1ccc(P)cc1Cl. The van der Waals surface area contributed by atoms with Crippen LogP contribution in [0.25, 0.3) is 0 Å². The highest BCUT2D eigenvalue weighted by Gasteiger charge is 2.44. The number of aliphatic imine (C=N–C) groups is 1. The summed E-state index contributed by atoms with van der Waals surface area (Å²) in [5, 5.41) is 3.60. The van der Waals surface area contributed by atoms with Crippen LogP contribution in [0.5, 0.6) is 0 Å². The average Bonchev–Trinajstić information content (AvgIpc) is 3.59. The van der Waals surface area contributed by atoms with Crippen molar-refractivity contribution in [2.45, 2.75) is 56.4 Å². The van der Waals surface area contributed by atoms with E-state index in [9.17, 15) is 13.2 Å². The number of carbonyl (C=O) groups is 1. The first-order valence-electron chi connectivity index (χ1n) is 12.0. The van der Waals surface area contributed by atoms with Crippen LogP contribution in [-0.2, 0) is 19.6 Å². The predicted molar refractivity (Wildman–Crippen MR) is 145 cm³/mol. The lowest BCUT2D eigenvalue weighted by molar-refractivity contribution is -0.139. The molecule has 1 aromatic heterocycles. The summed E-state index contributed by atoms with van der Waals surface area (Å²) in [4.78, 5) is 24.7. The third-order valence-corrected chi connectivity index (χ3v) is 10.2. The van der Waals surface area contributed by atoms with E-state index in [1.54, 1.807) is 13.1 Å². The molecule has 36 heavy (non-hydrogen) atoms. The number of hydrogen-bond acceptors (Lipinski definition) is 8. The molecule has 3 atom stereocenters. The summed E-state index contributed by atoms with van der Waals surface area (Å²) < 4.78 is 34.6. The second-order valence-corrected chi connectivity index (χ2v) is 13.1. The third kappa shape index (κ3) is 4.98. The number of nitrogens with one attached hydrogen (secondary N) is 1. The van der Waals surface area contributed by atoms with Crippen molar-refractivity contribution in [2.75, 3.05) is 13.2 Å². The number of esters is 1. The molecule has 1 aromatic carbocycles. The zero-order chi connectivity index (χ0) is 25.4. The molecule has 1 N–H and O–H groups in total. The monoisotopic (exact) mass is 566 g/mol. The molecule has 3 aliphatic rings. The Morgan fingerprint density at radius 2 is 2.11 bits per heavy atom. The second kappa shape index (κ2) is 10.5. The molecule has 5 rings (SSSR count). The molecule has 0 spiro atoms. The van der Waals surface area contributed by atoms with E-state index in [1.165, 1.54) is 11.3 Å². The predicted octanol–water partition coefficient (Wildman–Crippen LogP) is 3.55. The average molecular weight is 567 g/mol. The quantitative estimate of drug-likeness (QED) is 0.406. The summed E-state index contributed by atoms with van der Waals surface area (Å²) in [6, 6.07) is 4.48. The summed E-state index contributed by atoms with van der Waals surface area (Å²) >= 11 is 8.08. The van der Waals surface area contributed by atoms with Crippen LogP contribution < -0.4 is 10.0 Å². The van der Waals surface area contributed by atoms with E-state index in [0.29, 0.717) is 58.5 Å². The Balaban J connectivity index is 1.59. The Morgan fingerprint density at radius 3 is 2.78 bits per heavy atom. The van der Waals surface area contributed by atoms with Crippen molar-refractivity contribution < 1.29 is 17.9 Å². The molecule has 1 saturated carbocycles. The van der Waals surface area contributed by atoms with Crippen LogP contribution >= 0.6 is 32.2 Å². The topological polar surface area (TPSA) is 101 Å². The van der Waals surface area contributed by atoms with Crippen molar-refractivity contribution in [3.63, 3.8) is 0 Å². The van der Waals surface area contributed by atoms with Gasteiger partial charge in [-0.3, -0.25) is 4.99 Å². The molecule has 192 valence electrons. The number of hydrogen-bond donors (Lipinski definition) is 1. The van der Waals surface area contributed by atoms with Gasteiger partial charge in [-0.2, -0.15) is 0 Å². The molecular weight excluding hydrogens is 539 g/mol. The summed E-state index contributed by atoms with van der Waals surface area (Å²) in [7, 11) is -0.864. The number of aromatic nitrogens is 1. The molecule has 0 radical (unpaired) electrons. The highest BCUT2D eigenvalue weighted by atomic mass is 35.5. The van der Waals surface area contributed by atoms with Crippen LogP contribution in [0.2, 0.25) is 5.02 Å². The van der Waals surface area contributed by atoms with Crippen molar-refractivity contribution >= 4 is 59.3 Å². The number of thiazole rings is 1. The Kier molecular flexibility index (Phi) is 7.52. The van der Waals surface area contributed by atoms with Gasteiger partial charge in [0, 0.05) is 46.9 Å². The molecule has 3 heterocycles. The summed E-state index contributed by atoms with van der Waals surface area (Å²) in [6.45, 7) is 2.32. The van der Waals surface area contributed by atoms with E-state index in [4.69, 9.17) is 21.3 Å². The van der Waals surface area contributed by atoms with Gasteiger partial charge in [-0.15, -0.1) is 20.6 Å². The summed E-state index contributed by atoms with van der Waals surface area (Å²) in [6.07, 6.45) is 5.27. The molecule has 2 fully saturated rings. The smallest absolute Gasteiger partial charge is 0.338 e. The Labute approximate surface area is 222 Å². The number of sulfonamides is 1. The fraction of sp³-hybridized carbons (Fsp3) is 0.458. The Morgan fingerprint density at radius 1 is 1.33 bits per heavy atom. The number of ether oxygens (including phenoxy) is 1. The second-order valence-electron chi connectivity index (χ2n) is 9.14. The normalized spacial score (nSPS) is 22.6. The lowest BCUT2D eigenvalue weighted by atomic mass is 9.94. The van der Waals surface area contributed by atoms with Crippen molar-refractivity contribution in [1.82, 2.24) is 14.6 Å². The van der Waals surface area contributed by atoms with Crippen molar-refractivity contribution in [3.05, 3.63) is 56.6 Å². The number of rotatable bonds is 7. The minimum absolute atomic E-state index is 0.210. The van der Waals surface area contributed by atoms with E-state index in [1.807, 2.05) is 28.5 Å². The molecule has 1 aliphatic carbocycles. The van der Waals surface area contributed by atoms with Crippen LogP contribution in [-0.4, -0.2) is 54.6 Å². The molecule has 1 saturated heterocycles. The summed E-state index contributed by atoms with van der Waals surface area (Å²) in [5.74, 6) is 0.126. The van der Waals surface area contributed by atoms with Gasteiger partial charge >= 0.3 is 5.97 Å². The van der Waals surface area contributed by atoms with Crippen molar-refractivity contribution in [3.8, 4) is 0 Å². The number of halogens is 1. The summed E-state index contributed by atoms with van der Waals surface area (Å²) in [5.41, 5.74) is 1.77. The fourth-order valence-electron chi connectivity index (χ4n) is 5.16. The third-order valence-electron chi connectivity index (χ3n) is 6.77. The lowest BCUT2D eigenvalue weighted by Crippen LogP contribution is -2.42. The number of carbonyl (C=O) groups excluding carboxylic acids is 1. The largest absolute Gasteiger partial charge is 0.463 e. The molecule has 8 nitrogen and oxygen atoms in total. The van der Waals surface area contributed by atoms with Gasteiger partial charge in [0.05, 0.1) is 17.4 Å². The first kappa shape index (κ1) is 25.8. The molecule has 2 aliphatic heterocycles. The molecular formula is C24H28ClN4O4PS2.